The summed E-state index contributed by atoms with van der Waals surface area (Å²) in [5.74, 6) is -0.662. The average Bonchev–Trinajstić information content (AvgIpc) is 2.81. The Morgan fingerprint density at radius 3 is 2.42 bits per heavy atom. The van der Waals surface area contributed by atoms with Crippen molar-refractivity contribution >= 4 is 12.1 Å². The second kappa shape index (κ2) is 4.65. The minimum Gasteiger partial charge on any atom is -0.467 e. The van der Waals surface area contributed by atoms with Crippen molar-refractivity contribution in [3.05, 3.63) is 0 Å². The number of likely N-dealkylation sites (tertiary alicyclic amines) is 1. The van der Waals surface area contributed by atoms with Gasteiger partial charge in [-0.1, -0.05) is 0 Å². The molecule has 5 nitrogen and oxygen atoms in total. The second-order valence-corrected chi connectivity index (χ2v) is 6.17. The smallest absolute Gasteiger partial charge is 0.411 e. The lowest BCUT2D eigenvalue weighted by molar-refractivity contribution is -0.149. The van der Waals surface area contributed by atoms with Crippen LogP contribution < -0.4 is 0 Å². The maximum Gasteiger partial charge on any atom is 0.411 e. The summed E-state index contributed by atoms with van der Waals surface area (Å²) < 4.78 is 23.8. The molecule has 2 fully saturated rings. The summed E-state index contributed by atoms with van der Waals surface area (Å²) in [6.45, 7) is 5.21. The molecule has 0 spiro atoms. The first-order valence-corrected chi connectivity index (χ1v) is 6.48. The second-order valence-electron chi connectivity index (χ2n) is 6.17. The Bertz CT molecular complexity index is 393. The lowest BCUT2D eigenvalue weighted by Crippen LogP contribution is -2.54. The summed E-state index contributed by atoms with van der Waals surface area (Å²) >= 11 is 0. The van der Waals surface area contributed by atoms with Crippen molar-refractivity contribution in [2.75, 3.05) is 7.11 Å². The maximum atomic E-state index is 13.8. The molecule has 1 aliphatic heterocycles. The van der Waals surface area contributed by atoms with E-state index in [0.717, 1.165) is 0 Å². The Labute approximate surface area is 112 Å². The molecule has 0 aromatic carbocycles. The highest BCUT2D eigenvalue weighted by Crippen LogP contribution is 2.45. The van der Waals surface area contributed by atoms with E-state index in [1.54, 1.807) is 20.8 Å². The quantitative estimate of drug-likeness (QED) is 0.685. The van der Waals surface area contributed by atoms with Crippen molar-refractivity contribution in [3.63, 3.8) is 0 Å². The summed E-state index contributed by atoms with van der Waals surface area (Å²) in [5.41, 5.74) is -0.675. The monoisotopic (exact) mass is 273 g/mol. The highest BCUT2D eigenvalue weighted by Gasteiger charge is 2.57. The Hall–Kier alpha value is -1.33. The van der Waals surface area contributed by atoms with Crippen molar-refractivity contribution < 1.29 is 23.5 Å². The van der Waals surface area contributed by atoms with Gasteiger partial charge in [-0.05, 0) is 39.5 Å². The zero-order valence-corrected chi connectivity index (χ0v) is 11.7. The number of hydrogen-bond donors (Lipinski definition) is 0. The van der Waals surface area contributed by atoms with Crippen LogP contribution in [-0.2, 0) is 14.3 Å². The van der Waals surface area contributed by atoms with Gasteiger partial charge >= 0.3 is 12.1 Å². The van der Waals surface area contributed by atoms with Gasteiger partial charge in [-0.2, -0.15) is 0 Å². The number of amides is 1. The minimum absolute atomic E-state index is 0.167. The lowest BCUT2D eigenvalue weighted by Gasteiger charge is -2.36. The number of methoxy groups -OCH3 is 1. The van der Waals surface area contributed by atoms with Gasteiger partial charge in [0.2, 0.25) is 0 Å². The van der Waals surface area contributed by atoms with Crippen LogP contribution in [0.4, 0.5) is 9.18 Å². The molecule has 1 amide bonds. The minimum atomic E-state index is -1.08. The fourth-order valence-electron chi connectivity index (χ4n) is 2.97. The third-order valence-corrected chi connectivity index (χ3v) is 3.64. The molecule has 6 heteroatoms. The van der Waals surface area contributed by atoms with E-state index in [0.29, 0.717) is 12.8 Å². The van der Waals surface area contributed by atoms with Gasteiger partial charge in [0.25, 0.3) is 0 Å². The summed E-state index contributed by atoms with van der Waals surface area (Å²) in [7, 11) is 1.27. The number of carbonyl (C=O) groups excluding carboxylic acids is 2. The largest absolute Gasteiger partial charge is 0.467 e. The van der Waals surface area contributed by atoms with E-state index in [1.807, 2.05) is 0 Å². The third-order valence-electron chi connectivity index (χ3n) is 3.64. The molecule has 19 heavy (non-hydrogen) atoms. The number of esters is 1. The van der Waals surface area contributed by atoms with Crippen LogP contribution in [0.2, 0.25) is 0 Å². The lowest BCUT2D eigenvalue weighted by atomic mass is 9.98. The molecule has 2 rings (SSSR count). The number of halogens is 1. The van der Waals surface area contributed by atoms with Crippen LogP contribution in [0.5, 0.6) is 0 Å². The number of ether oxygens (including phenoxy) is 2. The fraction of sp³-hybridized carbons (Fsp3) is 0.846. The van der Waals surface area contributed by atoms with Crippen molar-refractivity contribution in [1.29, 1.82) is 0 Å². The number of hydrogen-bond acceptors (Lipinski definition) is 4. The summed E-state index contributed by atoms with van der Waals surface area (Å²) in [6.07, 6.45) is -0.916. The first kappa shape index (κ1) is 14.1. The van der Waals surface area contributed by atoms with Gasteiger partial charge in [0.05, 0.1) is 13.2 Å². The van der Waals surface area contributed by atoms with Crippen molar-refractivity contribution in [2.24, 2.45) is 5.92 Å². The molecule has 1 saturated carbocycles. The Morgan fingerprint density at radius 1 is 1.26 bits per heavy atom. The number of nitrogens with zero attached hydrogens (tertiary/aromatic N) is 1. The van der Waals surface area contributed by atoms with E-state index in [2.05, 4.69) is 0 Å². The molecule has 4 atom stereocenters. The summed E-state index contributed by atoms with van der Waals surface area (Å²) in [6, 6.07) is -1.28. The van der Waals surface area contributed by atoms with Gasteiger partial charge < -0.3 is 9.47 Å². The number of carbonyl (C=O) groups is 2. The van der Waals surface area contributed by atoms with Crippen LogP contribution in [0, 0.1) is 5.92 Å². The molecule has 1 aliphatic carbocycles. The van der Waals surface area contributed by atoms with E-state index in [4.69, 9.17) is 9.47 Å². The standard InChI is InChI=1S/C13H20FNO4/c1-13(2,3)19-12(17)15-9-6-7(5-8(9)14)10(15)11(16)18-4/h7-10H,5-6H2,1-4H3/t7?,8-,9?,10+/m1/s1. The van der Waals surface area contributed by atoms with Gasteiger partial charge in [-0.25, -0.2) is 14.0 Å². The van der Waals surface area contributed by atoms with Crippen molar-refractivity contribution in [2.45, 2.75) is 57.5 Å². The van der Waals surface area contributed by atoms with E-state index in [9.17, 15) is 14.0 Å². The number of alkyl halides is 1. The molecule has 1 heterocycles. The Balaban J connectivity index is 2.20. The normalized spacial score (nSPS) is 33.4. The molecular formula is C13H20FNO4. The highest BCUT2D eigenvalue weighted by molar-refractivity contribution is 5.83. The number of piperidine rings is 1. The van der Waals surface area contributed by atoms with Crippen LogP contribution in [0.3, 0.4) is 0 Å². The molecule has 1 saturated heterocycles. The van der Waals surface area contributed by atoms with Crippen molar-refractivity contribution in [1.82, 2.24) is 4.90 Å². The first-order valence-electron chi connectivity index (χ1n) is 6.48. The van der Waals surface area contributed by atoms with E-state index in [1.165, 1.54) is 12.0 Å². The van der Waals surface area contributed by atoms with Gasteiger partial charge in [-0.15, -0.1) is 0 Å². The van der Waals surface area contributed by atoms with E-state index >= 15 is 0 Å². The molecule has 0 N–H and O–H groups in total. The van der Waals surface area contributed by atoms with Crippen LogP contribution in [-0.4, -0.2) is 47.9 Å². The van der Waals surface area contributed by atoms with Crippen LogP contribution >= 0.6 is 0 Å². The Kier molecular flexibility index (Phi) is 3.45. The zero-order chi connectivity index (χ0) is 14.4. The molecule has 0 aromatic heterocycles. The van der Waals surface area contributed by atoms with Crippen LogP contribution in [0.1, 0.15) is 33.6 Å². The predicted octanol–water partition coefficient (Wildman–Crippen LogP) is 1.90. The molecule has 0 aromatic rings. The SMILES string of the molecule is COC(=O)[C@@H]1C2CC([C@H](F)C2)N1C(=O)OC(C)(C)C. The average molecular weight is 273 g/mol. The maximum absolute atomic E-state index is 13.8. The third kappa shape index (κ3) is 2.53. The van der Waals surface area contributed by atoms with Gasteiger partial charge in [0.15, 0.2) is 0 Å². The van der Waals surface area contributed by atoms with E-state index in [-0.39, 0.29) is 5.92 Å². The molecule has 2 bridgehead atoms. The molecule has 2 unspecified atom stereocenters. The topological polar surface area (TPSA) is 55.8 Å². The zero-order valence-electron chi connectivity index (χ0n) is 11.7. The molecule has 0 radical (unpaired) electrons. The first-order chi connectivity index (χ1) is 8.74. The van der Waals surface area contributed by atoms with Crippen LogP contribution in [0.25, 0.3) is 0 Å². The van der Waals surface area contributed by atoms with Gasteiger partial charge in [-0.3, -0.25) is 4.90 Å². The summed E-state index contributed by atoms with van der Waals surface area (Å²) in [5, 5.41) is 0. The summed E-state index contributed by atoms with van der Waals surface area (Å²) in [4.78, 5) is 25.2. The highest BCUT2D eigenvalue weighted by atomic mass is 19.1. The molecular weight excluding hydrogens is 253 g/mol. The molecule has 2 aliphatic rings. The van der Waals surface area contributed by atoms with Gasteiger partial charge in [0.1, 0.15) is 17.8 Å². The van der Waals surface area contributed by atoms with Crippen molar-refractivity contribution in [3.8, 4) is 0 Å². The van der Waals surface area contributed by atoms with E-state index < -0.39 is 35.9 Å². The number of rotatable bonds is 1. The van der Waals surface area contributed by atoms with Gasteiger partial charge in [0, 0.05) is 0 Å². The van der Waals surface area contributed by atoms with Crippen LogP contribution in [0.15, 0.2) is 0 Å². The number of fused-ring (bicyclic) bond motifs is 2. The predicted molar refractivity (Wildman–Crippen MR) is 65.3 cm³/mol. The fourth-order valence-corrected chi connectivity index (χ4v) is 2.97. The molecule has 108 valence electrons. The Morgan fingerprint density at radius 2 is 1.89 bits per heavy atom.